The summed E-state index contributed by atoms with van der Waals surface area (Å²) in [5, 5.41) is 29.3. The Hall–Kier alpha value is -5.31. The molecular weight excluding hydrogens is 564 g/mol. The minimum Gasteiger partial charge on any atom is -0.473 e. The normalized spacial score (nSPS) is 13.0. The highest BCUT2D eigenvalue weighted by Crippen LogP contribution is 2.25. The van der Waals surface area contributed by atoms with E-state index in [9.17, 15) is 24.5 Å². The molecule has 43 heavy (non-hydrogen) atoms. The number of piperazine rings is 1. The molecule has 0 radical (unpaired) electrons. The summed E-state index contributed by atoms with van der Waals surface area (Å²) < 4.78 is 2.59. The van der Waals surface area contributed by atoms with Gasteiger partial charge in [0.2, 0.25) is 0 Å². The van der Waals surface area contributed by atoms with E-state index >= 15 is 0 Å². The molecule has 4 rings (SSSR count). The minimum absolute atomic E-state index is 0.128. The van der Waals surface area contributed by atoms with E-state index in [1.807, 2.05) is 6.07 Å². The number of carboxylic acids is 2. The van der Waals surface area contributed by atoms with E-state index < -0.39 is 16.9 Å². The lowest BCUT2D eigenvalue weighted by molar-refractivity contribution is -0.384. The van der Waals surface area contributed by atoms with Crippen molar-refractivity contribution in [3.63, 3.8) is 0 Å². The Balaban J connectivity index is 0.000000765. The van der Waals surface area contributed by atoms with E-state index in [-0.39, 0.29) is 28.3 Å². The quantitative estimate of drug-likeness (QED) is 0.104. The van der Waals surface area contributed by atoms with E-state index in [4.69, 9.17) is 19.8 Å². The third kappa shape index (κ3) is 8.36. The number of aromatic nitrogens is 2. The lowest BCUT2D eigenvalue weighted by Gasteiger charge is -2.36. The summed E-state index contributed by atoms with van der Waals surface area (Å²) in [5.74, 6) is -3.29. The zero-order chi connectivity index (χ0) is 31.7. The van der Waals surface area contributed by atoms with Crippen LogP contribution >= 0.6 is 0 Å². The van der Waals surface area contributed by atoms with Gasteiger partial charge in [0.15, 0.2) is 5.78 Å². The van der Waals surface area contributed by atoms with Crippen LogP contribution in [0.3, 0.4) is 0 Å². The number of nitrogens with one attached hydrogen (secondary N) is 1. The van der Waals surface area contributed by atoms with Gasteiger partial charge in [0.25, 0.3) is 11.2 Å². The van der Waals surface area contributed by atoms with Crippen LogP contribution in [-0.2, 0) is 23.7 Å². The fourth-order valence-corrected chi connectivity index (χ4v) is 4.48. The van der Waals surface area contributed by atoms with Gasteiger partial charge >= 0.3 is 17.6 Å². The van der Waals surface area contributed by atoms with Crippen molar-refractivity contribution in [2.75, 3.05) is 49.5 Å². The number of nitro groups is 1. The first-order valence-corrected chi connectivity index (χ1v) is 13.2. The number of aliphatic carboxylic acids is 2. The second kappa shape index (κ2) is 14.5. The number of hydrogen-bond donors (Lipinski definition) is 3. The van der Waals surface area contributed by atoms with Gasteiger partial charge in [-0.2, -0.15) is 0 Å². The molecule has 1 aliphatic heterocycles. The van der Waals surface area contributed by atoms with Crippen LogP contribution in [0.5, 0.6) is 0 Å². The Morgan fingerprint density at radius 2 is 1.53 bits per heavy atom. The number of anilines is 2. The van der Waals surface area contributed by atoms with E-state index in [1.165, 1.54) is 29.8 Å². The number of carbonyl (C=O) groups excluding carboxylic acids is 1. The first-order valence-electron chi connectivity index (χ1n) is 13.2. The van der Waals surface area contributed by atoms with Crippen LogP contribution in [0.2, 0.25) is 0 Å². The standard InChI is InChI=1S/C26H30N6O5.C2H2O4/c1-28-23(18-24(33)29(2)26(28)35)31-15-13-30(14-16-31)12-6-11-27-22-10-9-20(32(36)37)17-21(22)25(34)19-7-4-3-5-8-19;3-1(4)2(5)6/h3-5,7-10,17-18,27H,6,11-16H2,1-2H3;(H,3,4)(H,5,6). The molecule has 15 nitrogen and oxygen atoms in total. The molecule has 3 N–H and O–H groups in total. The number of carbonyl (C=O) groups is 3. The Morgan fingerprint density at radius 3 is 2.12 bits per heavy atom. The van der Waals surface area contributed by atoms with Crippen LogP contribution in [0.4, 0.5) is 17.2 Å². The molecule has 0 unspecified atom stereocenters. The van der Waals surface area contributed by atoms with Gasteiger partial charge in [0.1, 0.15) is 5.82 Å². The molecule has 15 heteroatoms. The molecule has 228 valence electrons. The van der Waals surface area contributed by atoms with Crippen molar-refractivity contribution in [2.45, 2.75) is 6.42 Å². The summed E-state index contributed by atoms with van der Waals surface area (Å²) in [7, 11) is 3.14. The first-order chi connectivity index (χ1) is 20.4. The smallest absolute Gasteiger partial charge is 0.414 e. The predicted octanol–water partition coefficient (Wildman–Crippen LogP) is 1.00. The Kier molecular flexibility index (Phi) is 10.9. The van der Waals surface area contributed by atoms with Crippen LogP contribution < -0.4 is 21.5 Å². The first kappa shape index (κ1) is 32.2. The molecule has 2 aromatic carbocycles. The van der Waals surface area contributed by atoms with Crippen LogP contribution in [0.1, 0.15) is 22.3 Å². The zero-order valence-corrected chi connectivity index (χ0v) is 23.6. The number of benzene rings is 2. The monoisotopic (exact) mass is 596 g/mol. The molecular formula is C28H32N6O9. The number of ketones is 1. The molecule has 0 spiro atoms. The number of non-ortho nitro benzene ring substituents is 1. The van der Waals surface area contributed by atoms with E-state index in [0.717, 1.165) is 30.6 Å². The average molecular weight is 597 g/mol. The third-order valence-electron chi connectivity index (χ3n) is 6.84. The molecule has 0 amide bonds. The van der Waals surface area contributed by atoms with Crippen molar-refractivity contribution >= 4 is 34.9 Å². The fraction of sp³-hybridized carbons (Fsp3) is 0.321. The highest BCUT2D eigenvalue weighted by molar-refractivity contribution is 6.27. The third-order valence-corrected chi connectivity index (χ3v) is 6.84. The van der Waals surface area contributed by atoms with Crippen molar-refractivity contribution < 1.29 is 29.5 Å². The lowest BCUT2D eigenvalue weighted by atomic mass is 10.0. The summed E-state index contributed by atoms with van der Waals surface area (Å²) in [6.07, 6.45) is 0.806. The fourth-order valence-electron chi connectivity index (χ4n) is 4.48. The number of carboxylic acid groups (broad SMARTS) is 2. The Labute approximate surface area is 245 Å². The van der Waals surface area contributed by atoms with Gasteiger partial charge in [-0.15, -0.1) is 0 Å². The number of rotatable bonds is 9. The molecule has 1 saturated heterocycles. The molecule has 0 aliphatic carbocycles. The van der Waals surface area contributed by atoms with Crippen LogP contribution in [0, 0.1) is 10.1 Å². The largest absolute Gasteiger partial charge is 0.473 e. The highest BCUT2D eigenvalue weighted by atomic mass is 16.6. The van der Waals surface area contributed by atoms with Crippen LogP contribution in [0.15, 0.2) is 64.2 Å². The summed E-state index contributed by atoms with van der Waals surface area (Å²) in [6.45, 7) is 4.40. The SMILES string of the molecule is Cn1c(N2CCN(CCCNc3ccc([N+](=O)[O-])cc3C(=O)c3ccccc3)CC2)cc(=O)n(C)c1=O.O=C(O)C(=O)O. The van der Waals surface area contributed by atoms with Gasteiger partial charge in [-0.3, -0.25) is 33.7 Å². The topological polar surface area (TPSA) is 197 Å². The lowest BCUT2D eigenvalue weighted by Crippen LogP contribution is -2.49. The molecule has 2 heterocycles. The molecule has 0 saturated carbocycles. The van der Waals surface area contributed by atoms with Crippen molar-refractivity contribution in [2.24, 2.45) is 14.1 Å². The van der Waals surface area contributed by atoms with Gasteiger partial charge in [-0.05, 0) is 19.0 Å². The summed E-state index contributed by atoms with van der Waals surface area (Å²) in [6, 6.07) is 14.5. The van der Waals surface area contributed by atoms with E-state index in [2.05, 4.69) is 15.1 Å². The second-order valence-corrected chi connectivity index (χ2v) is 9.64. The van der Waals surface area contributed by atoms with E-state index in [0.29, 0.717) is 36.7 Å². The maximum absolute atomic E-state index is 13.0. The van der Waals surface area contributed by atoms with Crippen LogP contribution in [-0.4, -0.2) is 86.2 Å². The molecule has 1 fully saturated rings. The highest BCUT2D eigenvalue weighted by Gasteiger charge is 2.21. The van der Waals surface area contributed by atoms with Crippen LogP contribution in [0.25, 0.3) is 0 Å². The summed E-state index contributed by atoms with van der Waals surface area (Å²) >= 11 is 0. The maximum atomic E-state index is 13.0. The summed E-state index contributed by atoms with van der Waals surface area (Å²) in [4.78, 5) is 70.7. The molecule has 1 aromatic heterocycles. The minimum atomic E-state index is -1.82. The van der Waals surface area contributed by atoms with Gasteiger partial charge in [-0.1, -0.05) is 30.3 Å². The van der Waals surface area contributed by atoms with Crippen molar-refractivity contribution in [3.8, 4) is 0 Å². The van der Waals surface area contributed by atoms with E-state index in [1.54, 1.807) is 37.4 Å². The number of hydrogen-bond acceptors (Lipinski definition) is 10. The maximum Gasteiger partial charge on any atom is 0.414 e. The van der Waals surface area contributed by atoms with Gasteiger partial charge in [-0.25, -0.2) is 14.4 Å². The van der Waals surface area contributed by atoms with Crippen molar-refractivity contribution in [1.29, 1.82) is 0 Å². The predicted molar refractivity (Wildman–Crippen MR) is 157 cm³/mol. The summed E-state index contributed by atoms with van der Waals surface area (Å²) in [5.41, 5.74) is 0.522. The average Bonchev–Trinajstić information content (AvgIpc) is 3.00. The molecule has 3 aromatic rings. The molecule has 1 aliphatic rings. The van der Waals surface area contributed by atoms with Gasteiger partial charge in [0, 0.05) is 76.3 Å². The van der Waals surface area contributed by atoms with Gasteiger partial charge in [0.05, 0.1) is 10.5 Å². The molecule has 0 atom stereocenters. The van der Waals surface area contributed by atoms with Gasteiger partial charge < -0.3 is 20.4 Å². The zero-order valence-electron chi connectivity index (χ0n) is 23.6. The van der Waals surface area contributed by atoms with Crippen molar-refractivity contribution in [1.82, 2.24) is 14.0 Å². The number of nitrogens with zero attached hydrogens (tertiary/aromatic N) is 5. The Morgan fingerprint density at radius 1 is 0.907 bits per heavy atom. The number of nitro benzene ring substituents is 1. The molecule has 0 bridgehead atoms. The van der Waals surface area contributed by atoms with Crippen molar-refractivity contribution in [3.05, 3.63) is 96.7 Å². The Bertz CT molecular complexity index is 1600. The second-order valence-electron chi connectivity index (χ2n) is 9.64.